The molecule has 0 radical (unpaired) electrons. The second-order valence-electron chi connectivity index (χ2n) is 4.17. The van der Waals surface area contributed by atoms with E-state index in [4.69, 9.17) is 10.5 Å². The predicted molar refractivity (Wildman–Crippen MR) is 75.0 cm³/mol. The molecule has 0 spiro atoms. The molecule has 6 heteroatoms. The zero-order valence-corrected chi connectivity index (χ0v) is 12.0. The molecule has 2 heterocycles. The monoisotopic (exact) mass is 348 g/mol. The van der Waals surface area contributed by atoms with Gasteiger partial charge in [-0.25, -0.2) is 9.97 Å². The topological polar surface area (TPSA) is 64.3 Å². The molecule has 0 amide bonds. The summed E-state index contributed by atoms with van der Waals surface area (Å²) in [5.41, 5.74) is 5.82. The lowest BCUT2D eigenvalue weighted by Gasteiger charge is -2.38. The molecule has 2 N–H and O–H groups in total. The first-order valence-electron chi connectivity index (χ1n) is 5.71. The SMILES string of the molecule is COC1CCN(c2ncc(I)cn2)C(CN)C1. The van der Waals surface area contributed by atoms with Crippen molar-refractivity contribution in [1.29, 1.82) is 0 Å². The Balaban J connectivity index is 2.12. The van der Waals surface area contributed by atoms with Gasteiger partial charge in [-0.2, -0.15) is 0 Å². The largest absolute Gasteiger partial charge is 0.381 e. The fourth-order valence-electron chi connectivity index (χ4n) is 2.17. The van der Waals surface area contributed by atoms with E-state index in [9.17, 15) is 0 Å². The molecule has 1 aliphatic heterocycles. The van der Waals surface area contributed by atoms with Crippen molar-refractivity contribution in [3.63, 3.8) is 0 Å². The van der Waals surface area contributed by atoms with Crippen LogP contribution in [0.25, 0.3) is 0 Å². The van der Waals surface area contributed by atoms with Crippen LogP contribution in [0.3, 0.4) is 0 Å². The molecule has 2 unspecified atom stereocenters. The number of methoxy groups -OCH3 is 1. The second kappa shape index (κ2) is 5.92. The van der Waals surface area contributed by atoms with Crippen LogP contribution < -0.4 is 10.6 Å². The Hall–Kier alpha value is -0.470. The lowest BCUT2D eigenvalue weighted by atomic mass is 10.00. The summed E-state index contributed by atoms with van der Waals surface area (Å²) >= 11 is 2.20. The summed E-state index contributed by atoms with van der Waals surface area (Å²) < 4.78 is 6.45. The number of hydrogen-bond donors (Lipinski definition) is 1. The van der Waals surface area contributed by atoms with Crippen LogP contribution in [-0.4, -0.2) is 42.3 Å². The van der Waals surface area contributed by atoms with Crippen molar-refractivity contribution in [2.75, 3.05) is 25.1 Å². The first-order valence-corrected chi connectivity index (χ1v) is 6.79. The molecule has 0 saturated carbocycles. The van der Waals surface area contributed by atoms with Crippen LogP contribution in [0.15, 0.2) is 12.4 Å². The molecule has 2 atom stereocenters. The number of aromatic nitrogens is 2. The molecule has 0 aliphatic carbocycles. The highest BCUT2D eigenvalue weighted by molar-refractivity contribution is 14.1. The van der Waals surface area contributed by atoms with E-state index >= 15 is 0 Å². The first-order chi connectivity index (χ1) is 8.24. The lowest BCUT2D eigenvalue weighted by Crippen LogP contribution is -2.49. The zero-order valence-electron chi connectivity index (χ0n) is 9.84. The fourth-order valence-corrected chi connectivity index (χ4v) is 2.45. The third kappa shape index (κ3) is 3.05. The van der Waals surface area contributed by atoms with Crippen LogP contribution >= 0.6 is 22.6 Å². The zero-order chi connectivity index (χ0) is 12.3. The Morgan fingerprint density at radius 1 is 1.53 bits per heavy atom. The molecule has 1 aliphatic rings. The van der Waals surface area contributed by atoms with Gasteiger partial charge in [0.25, 0.3) is 0 Å². The molecule has 0 bridgehead atoms. The molecule has 94 valence electrons. The number of rotatable bonds is 3. The van der Waals surface area contributed by atoms with Crippen molar-refractivity contribution in [3.8, 4) is 0 Å². The molecule has 1 aromatic rings. The van der Waals surface area contributed by atoms with E-state index in [2.05, 4.69) is 37.5 Å². The number of hydrogen-bond acceptors (Lipinski definition) is 5. The van der Waals surface area contributed by atoms with Crippen LogP contribution in [0.2, 0.25) is 0 Å². The molecular formula is C11H17IN4O. The maximum absolute atomic E-state index is 5.82. The second-order valence-corrected chi connectivity index (χ2v) is 5.41. The van der Waals surface area contributed by atoms with Crippen molar-refractivity contribution < 1.29 is 4.74 Å². The van der Waals surface area contributed by atoms with Crippen LogP contribution in [0.5, 0.6) is 0 Å². The summed E-state index contributed by atoms with van der Waals surface area (Å²) in [5.74, 6) is 0.774. The average Bonchev–Trinajstić information content (AvgIpc) is 2.39. The maximum atomic E-state index is 5.82. The Bertz CT molecular complexity index is 359. The number of piperidine rings is 1. The van der Waals surface area contributed by atoms with Gasteiger partial charge in [0.15, 0.2) is 0 Å². The highest BCUT2D eigenvalue weighted by Crippen LogP contribution is 2.22. The normalized spacial score (nSPS) is 25.0. The van der Waals surface area contributed by atoms with Gasteiger partial charge in [-0.15, -0.1) is 0 Å². The Morgan fingerprint density at radius 3 is 2.82 bits per heavy atom. The van der Waals surface area contributed by atoms with Crippen molar-refractivity contribution in [3.05, 3.63) is 16.0 Å². The van der Waals surface area contributed by atoms with E-state index in [-0.39, 0.29) is 6.04 Å². The first kappa shape index (κ1) is 13.0. The number of halogens is 1. The van der Waals surface area contributed by atoms with Gasteiger partial charge in [-0.3, -0.25) is 0 Å². The smallest absolute Gasteiger partial charge is 0.225 e. The quantitative estimate of drug-likeness (QED) is 0.827. The van der Waals surface area contributed by atoms with Gasteiger partial charge in [0.2, 0.25) is 5.95 Å². The van der Waals surface area contributed by atoms with Crippen molar-refractivity contribution in [2.24, 2.45) is 5.73 Å². The molecule has 1 saturated heterocycles. The number of ether oxygens (including phenoxy) is 1. The minimum atomic E-state index is 0.272. The van der Waals surface area contributed by atoms with Crippen molar-refractivity contribution in [1.82, 2.24) is 9.97 Å². The molecule has 1 aromatic heterocycles. The van der Waals surface area contributed by atoms with Gasteiger partial charge in [0.05, 0.1) is 6.10 Å². The Labute approximate surface area is 115 Å². The van der Waals surface area contributed by atoms with Gasteiger partial charge in [-0.1, -0.05) is 0 Å². The van der Waals surface area contributed by atoms with Crippen LogP contribution in [-0.2, 0) is 4.74 Å². The summed E-state index contributed by atoms with van der Waals surface area (Å²) in [7, 11) is 1.76. The van der Waals surface area contributed by atoms with E-state index in [0.29, 0.717) is 12.6 Å². The summed E-state index contributed by atoms with van der Waals surface area (Å²) in [6.07, 6.45) is 5.92. The Morgan fingerprint density at radius 2 is 2.24 bits per heavy atom. The highest BCUT2D eigenvalue weighted by atomic mass is 127. The minimum absolute atomic E-state index is 0.272. The van der Waals surface area contributed by atoms with E-state index in [1.807, 2.05) is 12.4 Å². The van der Waals surface area contributed by atoms with E-state index < -0.39 is 0 Å². The van der Waals surface area contributed by atoms with Crippen molar-refractivity contribution in [2.45, 2.75) is 25.0 Å². The number of anilines is 1. The van der Waals surface area contributed by atoms with Gasteiger partial charge in [0, 0.05) is 42.2 Å². The number of nitrogens with two attached hydrogens (primary N) is 1. The predicted octanol–water partition coefficient (Wildman–Crippen LogP) is 1.02. The van der Waals surface area contributed by atoms with Gasteiger partial charge in [0.1, 0.15) is 0 Å². The summed E-state index contributed by atoms with van der Waals surface area (Å²) in [6.45, 7) is 1.51. The van der Waals surface area contributed by atoms with E-state index in [1.54, 1.807) is 7.11 Å². The molecule has 0 aromatic carbocycles. The Kier molecular flexibility index (Phi) is 4.52. The third-order valence-corrected chi connectivity index (χ3v) is 3.69. The van der Waals surface area contributed by atoms with E-state index in [1.165, 1.54) is 0 Å². The summed E-state index contributed by atoms with van der Waals surface area (Å²) in [6, 6.07) is 0.272. The van der Waals surface area contributed by atoms with E-state index in [0.717, 1.165) is 28.9 Å². The number of nitrogens with zero attached hydrogens (tertiary/aromatic N) is 3. The van der Waals surface area contributed by atoms with Crippen molar-refractivity contribution >= 4 is 28.5 Å². The van der Waals surface area contributed by atoms with Crippen LogP contribution in [0.4, 0.5) is 5.95 Å². The third-order valence-electron chi connectivity index (χ3n) is 3.14. The minimum Gasteiger partial charge on any atom is -0.381 e. The molecule has 2 rings (SSSR count). The van der Waals surface area contributed by atoms with Gasteiger partial charge < -0.3 is 15.4 Å². The van der Waals surface area contributed by atoms with Crippen LogP contribution in [0, 0.1) is 3.57 Å². The van der Waals surface area contributed by atoms with Gasteiger partial charge in [-0.05, 0) is 35.4 Å². The molecule has 17 heavy (non-hydrogen) atoms. The molecule has 5 nitrogen and oxygen atoms in total. The average molecular weight is 348 g/mol. The fraction of sp³-hybridized carbons (Fsp3) is 0.636. The summed E-state index contributed by atoms with van der Waals surface area (Å²) in [5, 5.41) is 0. The van der Waals surface area contributed by atoms with Gasteiger partial charge >= 0.3 is 0 Å². The lowest BCUT2D eigenvalue weighted by molar-refractivity contribution is 0.0706. The summed E-state index contributed by atoms with van der Waals surface area (Å²) in [4.78, 5) is 10.9. The van der Waals surface area contributed by atoms with Crippen LogP contribution in [0.1, 0.15) is 12.8 Å². The molecular weight excluding hydrogens is 331 g/mol. The molecule has 1 fully saturated rings. The standard InChI is InChI=1S/C11H17IN4O/c1-17-10-2-3-16(9(4-10)5-13)11-14-6-8(12)7-15-11/h6-7,9-10H,2-5,13H2,1H3. The highest BCUT2D eigenvalue weighted by Gasteiger charge is 2.28. The maximum Gasteiger partial charge on any atom is 0.225 e.